The molecule has 2 nitrogen and oxygen atoms in total. The lowest BCUT2D eigenvalue weighted by atomic mass is 10.0. The van der Waals surface area contributed by atoms with Crippen LogP contribution in [0.4, 0.5) is 0 Å². The lowest BCUT2D eigenvalue weighted by Gasteiger charge is -2.25. The van der Waals surface area contributed by atoms with Crippen LogP contribution in [-0.4, -0.2) is 19.3 Å². The zero-order valence-electron chi connectivity index (χ0n) is 6.84. The van der Waals surface area contributed by atoms with Crippen LogP contribution in [0.25, 0.3) is 0 Å². The van der Waals surface area contributed by atoms with Crippen molar-refractivity contribution in [2.24, 2.45) is 0 Å². The summed E-state index contributed by atoms with van der Waals surface area (Å²) in [5, 5.41) is 0. The fraction of sp³-hybridized carbons (Fsp3) is 0.889. The molecule has 0 bridgehead atoms. The van der Waals surface area contributed by atoms with Crippen LogP contribution in [-0.2, 0) is 9.47 Å². The van der Waals surface area contributed by atoms with Crippen molar-refractivity contribution in [3.63, 3.8) is 0 Å². The van der Waals surface area contributed by atoms with Gasteiger partial charge in [-0.15, -0.1) is 0 Å². The van der Waals surface area contributed by atoms with E-state index in [1.54, 1.807) is 0 Å². The molecule has 1 unspecified atom stereocenters. The number of ether oxygens (including phenoxy) is 2. The third-order valence-corrected chi connectivity index (χ3v) is 2.39. The maximum absolute atomic E-state index is 5.55. The van der Waals surface area contributed by atoms with Gasteiger partial charge in [0.15, 0.2) is 0 Å². The standard InChI is InChI=1S/C9H15O2/c1-2-6-10-8(4-1)9-5-3-7-11-9/h9H,1-7H2. The summed E-state index contributed by atoms with van der Waals surface area (Å²) in [6, 6.07) is 0. The van der Waals surface area contributed by atoms with Crippen LogP contribution in [0.3, 0.4) is 0 Å². The number of hydrogen-bond acceptors (Lipinski definition) is 2. The first kappa shape index (κ1) is 7.56. The van der Waals surface area contributed by atoms with Gasteiger partial charge in [0.2, 0.25) is 0 Å². The van der Waals surface area contributed by atoms with Gasteiger partial charge in [-0.05, 0) is 32.1 Å². The van der Waals surface area contributed by atoms with Crippen LogP contribution in [0.2, 0.25) is 0 Å². The highest BCUT2D eigenvalue weighted by Gasteiger charge is 2.28. The second-order valence-corrected chi connectivity index (χ2v) is 3.27. The monoisotopic (exact) mass is 155 g/mol. The molecule has 2 aliphatic heterocycles. The highest BCUT2D eigenvalue weighted by atomic mass is 16.5. The summed E-state index contributed by atoms with van der Waals surface area (Å²) in [6.07, 6.45) is 7.58. The summed E-state index contributed by atoms with van der Waals surface area (Å²) < 4.78 is 11.1. The van der Waals surface area contributed by atoms with E-state index in [2.05, 4.69) is 0 Å². The van der Waals surface area contributed by atoms with E-state index in [0.717, 1.165) is 19.6 Å². The third kappa shape index (κ3) is 1.74. The molecule has 1 atom stereocenters. The third-order valence-electron chi connectivity index (χ3n) is 2.39. The summed E-state index contributed by atoms with van der Waals surface area (Å²) in [5.74, 6) is 0. The highest BCUT2D eigenvalue weighted by Crippen LogP contribution is 2.29. The Hall–Kier alpha value is -0.0800. The molecule has 0 aromatic rings. The van der Waals surface area contributed by atoms with Crippen LogP contribution in [0, 0.1) is 6.10 Å². The smallest absolute Gasteiger partial charge is 0.126 e. The average molecular weight is 155 g/mol. The molecule has 2 saturated heterocycles. The van der Waals surface area contributed by atoms with E-state index in [9.17, 15) is 0 Å². The molecule has 2 heteroatoms. The minimum Gasteiger partial charge on any atom is -0.375 e. The summed E-state index contributed by atoms with van der Waals surface area (Å²) in [5.41, 5.74) is 0. The van der Waals surface area contributed by atoms with Crippen LogP contribution in [0.5, 0.6) is 0 Å². The zero-order chi connectivity index (χ0) is 7.52. The number of rotatable bonds is 1. The van der Waals surface area contributed by atoms with E-state index in [1.807, 2.05) is 0 Å². The van der Waals surface area contributed by atoms with E-state index < -0.39 is 0 Å². The van der Waals surface area contributed by atoms with Gasteiger partial charge < -0.3 is 9.47 Å². The van der Waals surface area contributed by atoms with E-state index in [4.69, 9.17) is 9.47 Å². The number of hydrogen-bond donors (Lipinski definition) is 0. The summed E-state index contributed by atoms with van der Waals surface area (Å²) in [6.45, 7) is 1.84. The first-order valence-corrected chi connectivity index (χ1v) is 4.57. The van der Waals surface area contributed by atoms with E-state index in [-0.39, 0.29) is 0 Å². The van der Waals surface area contributed by atoms with Crippen molar-refractivity contribution in [3.8, 4) is 0 Å². The average Bonchev–Trinajstić information content (AvgIpc) is 2.58. The second-order valence-electron chi connectivity index (χ2n) is 3.27. The Bertz CT molecular complexity index is 113. The zero-order valence-corrected chi connectivity index (χ0v) is 6.84. The van der Waals surface area contributed by atoms with Gasteiger partial charge in [-0.2, -0.15) is 0 Å². The molecule has 0 aromatic heterocycles. The molecule has 63 valence electrons. The lowest BCUT2D eigenvalue weighted by Crippen LogP contribution is -2.23. The molecular formula is C9H15O2. The predicted molar refractivity (Wildman–Crippen MR) is 42.0 cm³/mol. The van der Waals surface area contributed by atoms with Gasteiger partial charge in [0.1, 0.15) is 6.10 Å². The molecule has 0 spiro atoms. The van der Waals surface area contributed by atoms with Gasteiger partial charge in [0.05, 0.1) is 6.10 Å². The molecule has 0 aromatic carbocycles. The largest absolute Gasteiger partial charge is 0.375 e. The Morgan fingerprint density at radius 1 is 1.09 bits per heavy atom. The van der Waals surface area contributed by atoms with Crippen LogP contribution >= 0.6 is 0 Å². The van der Waals surface area contributed by atoms with Crippen molar-refractivity contribution in [2.45, 2.75) is 38.2 Å². The van der Waals surface area contributed by atoms with Crippen molar-refractivity contribution in [1.82, 2.24) is 0 Å². The Kier molecular flexibility index (Phi) is 2.44. The molecular weight excluding hydrogens is 140 g/mol. The Balaban J connectivity index is 1.82. The maximum atomic E-state index is 5.55. The fourth-order valence-electron chi connectivity index (χ4n) is 1.76. The quantitative estimate of drug-likeness (QED) is 0.575. The van der Waals surface area contributed by atoms with Gasteiger partial charge in [-0.3, -0.25) is 0 Å². The molecule has 1 radical (unpaired) electrons. The van der Waals surface area contributed by atoms with Gasteiger partial charge in [-0.25, -0.2) is 0 Å². The lowest BCUT2D eigenvalue weighted by molar-refractivity contribution is 0.0000451. The molecule has 2 fully saturated rings. The van der Waals surface area contributed by atoms with Crippen molar-refractivity contribution < 1.29 is 9.47 Å². The predicted octanol–water partition coefficient (Wildman–Crippen LogP) is 1.90. The molecule has 11 heavy (non-hydrogen) atoms. The normalized spacial score (nSPS) is 34.4. The molecule has 0 aliphatic carbocycles. The second kappa shape index (κ2) is 3.55. The molecule has 0 amide bonds. The molecule has 0 N–H and O–H groups in total. The fourth-order valence-corrected chi connectivity index (χ4v) is 1.76. The molecule has 0 saturated carbocycles. The van der Waals surface area contributed by atoms with E-state index in [1.165, 1.54) is 31.8 Å². The Morgan fingerprint density at radius 3 is 2.73 bits per heavy atom. The summed E-state index contributed by atoms with van der Waals surface area (Å²) in [4.78, 5) is 0. The van der Waals surface area contributed by atoms with Crippen LogP contribution in [0.15, 0.2) is 0 Å². The van der Waals surface area contributed by atoms with Gasteiger partial charge >= 0.3 is 0 Å². The SMILES string of the molecule is C1CC[C](C2CCCO2)OC1. The minimum absolute atomic E-state index is 0.343. The minimum atomic E-state index is 0.343. The van der Waals surface area contributed by atoms with Crippen molar-refractivity contribution >= 4 is 0 Å². The van der Waals surface area contributed by atoms with Crippen molar-refractivity contribution in [2.75, 3.05) is 13.2 Å². The maximum Gasteiger partial charge on any atom is 0.126 e. The van der Waals surface area contributed by atoms with Crippen LogP contribution in [0.1, 0.15) is 32.1 Å². The Morgan fingerprint density at radius 2 is 2.09 bits per heavy atom. The molecule has 2 heterocycles. The van der Waals surface area contributed by atoms with E-state index in [0.29, 0.717) is 6.10 Å². The Labute approximate surface area is 67.9 Å². The van der Waals surface area contributed by atoms with Gasteiger partial charge in [0, 0.05) is 13.2 Å². The highest BCUT2D eigenvalue weighted by molar-refractivity contribution is 4.92. The van der Waals surface area contributed by atoms with Crippen molar-refractivity contribution in [1.29, 1.82) is 0 Å². The van der Waals surface area contributed by atoms with Crippen LogP contribution < -0.4 is 0 Å². The summed E-state index contributed by atoms with van der Waals surface area (Å²) in [7, 11) is 0. The van der Waals surface area contributed by atoms with E-state index >= 15 is 0 Å². The van der Waals surface area contributed by atoms with Gasteiger partial charge in [-0.1, -0.05) is 0 Å². The summed E-state index contributed by atoms with van der Waals surface area (Å²) >= 11 is 0. The van der Waals surface area contributed by atoms with Crippen molar-refractivity contribution in [3.05, 3.63) is 6.10 Å². The first-order valence-electron chi connectivity index (χ1n) is 4.57. The van der Waals surface area contributed by atoms with Gasteiger partial charge in [0.25, 0.3) is 0 Å². The first-order chi connectivity index (χ1) is 5.47. The topological polar surface area (TPSA) is 18.5 Å². The molecule has 2 aliphatic rings. The molecule has 2 rings (SSSR count).